The van der Waals surface area contributed by atoms with Crippen molar-refractivity contribution in [3.63, 3.8) is 0 Å². The van der Waals surface area contributed by atoms with Crippen molar-refractivity contribution >= 4 is 195 Å². The SMILES string of the molecule is CC(C)c1ccc(NC(=O)NC2CCN(c3ccnc4ccsc34)C2)cc1.CC(C)c1ccc(NC(=O)NC2CCN(c3ccnc4sccc34)C2)cc1.CC(C)c1ccc(NC(=O)OC2CCN(c3ccnc4ccsc34)C2)cc1.O=C(Nc1ccc(OC2CCC2)nc1)OC1CCN(c2ccnc3ccsc23)C1.O=C(Nc1ccc(Oc2ccccc2)cc1)OC1CCN(c2ccnc3ccsc23)C1. The number of ether oxygens (including phenoxy) is 5. The number of benzene rings is 5. The van der Waals surface area contributed by atoms with Crippen molar-refractivity contribution in [1.82, 2.24) is 40.5 Å². The standard InChI is InChI=1S/C24H21N3O3S.C21H22N4O3S.2C21H24N4OS.C21H23N3O2S/c28-24(26-17-6-8-19(9-7-17)29-18-4-2-1-3-5-18)30-20-11-14-27(16-20)22-10-13-25-21-12-15-31-23(21)22;26-21(24-14-4-5-19(23-12-14)27-15-2-1-3-15)28-16-7-10-25(13-16)18-6-9-22-17-8-11-29-20(17)18;1-14(2)15-3-5-16(6-4-15)23-21(26)24-17-8-11-25(13-17)19-7-10-22-18-9-12-27-20(18)19;1-14(2)15-3-5-16(6-4-15)23-21(26)24-17-8-11-25(13-17)19-7-10-22-20-18(19)9-12-27-20;1-14(2)15-3-5-16(6-4-15)23-21(25)26-17-8-11-24(13-17)19-7-10-22-18-9-12-27-20(18)19/h1-10,12-13,15,20H,11,14,16H2,(H,26,28);4-6,8-9,11-12,15-16H,1-3,7,10,13H2,(H,24,26);2*3-7,9-10,12,14,17H,8,11,13H2,1-2H3,(H2,23,24,26);3-7,9-10,12,14,17H,8,11,13H2,1-2H3,(H,23,25). The third-order valence-electron chi connectivity index (χ3n) is 25.5. The Hall–Kier alpha value is -14.3. The van der Waals surface area contributed by atoms with Crippen LogP contribution in [0.3, 0.4) is 0 Å². The Morgan fingerprint density at radius 2 is 0.674 bits per heavy atom. The van der Waals surface area contributed by atoms with Crippen LogP contribution in [-0.4, -0.2) is 162 Å². The van der Waals surface area contributed by atoms with Gasteiger partial charge in [0.1, 0.15) is 40.7 Å². The van der Waals surface area contributed by atoms with Crippen molar-refractivity contribution in [2.45, 2.75) is 147 Å². The number of pyridine rings is 6. The van der Waals surface area contributed by atoms with Crippen LogP contribution in [0.1, 0.15) is 127 Å². The molecule has 1 saturated carbocycles. The molecule has 33 heteroatoms. The smallest absolute Gasteiger partial charge is 0.412 e. The van der Waals surface area contributed by atoms with Crippen LogP contribution in [0.5, 0.6) is 17.4 Å². The van der Waals surface area contributed by atoms with E-state index < -0.39 is 18.3 Å². The third-order valence-corrected chi connectivity index (χ3v) is 30.1. The summed E-state index contributed by atoms with van der Waals surface area (Å²) in [4.78, 5) is 100. The molecule has 11 aromatic heterocycles. The molecular weight excluding hydrogens is 1870 g/mol. The fourth-order valence-electron chi connectivity index (χ4n) is 17.8. The predicted octanol–water partition coefficient (Wildman–Crippen LogP) is 25.3. The third kappa shape index (κ3) is 25.5. The lowest BCUT2D eigenvalue weighted by Crippen LogP contribution is -2.39. The van der Waals surface area contributed by atoms with Gasteiger partial charge in [0.05, 0.1) is 95.1 Å². The Morgan fingerprint density at radius 3 is 1.06 bits per heavy atom. The lowest BCUT2D eigenvalue weighted by molar-refractivity contribution is 0.114. The molecule has 0 bridgehead atoms. The van der Waals surface area contributed by atoms with E-state index >= 15 is 0 Å². The highest BCUT2D eigenvalue weighted by Crippen LogP contribution is 2.40. The average Bonchev–Trinajstić information content (AvgIpc) is 1.68. The predicted molar refractivity (Wildman–Crippen MR) is 573 cm³/mol. The molecule has 7 N–H and O–H groups in total. The second-order valence-corrected chi connectivity index (χ2v) is 40.9. The Morgan fingerprint density at radius 1 is 0.326 bits per heavy atom. The van der Waals surface area contributed by atoms with E-state index in [9.17, 15) is 24.0 Å². The maximum Gasteiger partial charge on any atom is 0.412 e. The molecular formula is C108H114N18O10S5. The van der Waals surface area contributed by atoms with E-state index in [2.05, 4.69) is 203 Å². The molecule has 6 aliphatic rings. The molecule has 5 unspecified atom stereocenters. The molecule has 0 radical (unpaired) electrons. The molecule has 141 heavy (non-hydrogen) atoms. The molecule has 22 rings (SSSR count). The summed E-state index contributed by atoms with van der Waals surface area (Å²) in [7, 11) is 0. The maximum atomic E-state index is 12.4. The first-order chi connectivity index (χ1) is 68.8. The van der Waals surface area contributed by atoms with Crippen molar-refractivity contribution in [3.05, 3.63) is 281 Å². The molecule has 16 aromatic rings. The Kier molecular flexibility index (Phi) is 31.8. The summed E-state index contributed by atoms with van der Waals surface area (Å²) in [5, 5.41) is 32.0. The largest absolute Gasteiger partial charge is 0.474 e. The second kappa shape index (κ2) is 46.2. The number of thiophene rings is 5. The number of rotatable bonds is 22. The number of hydrogen-bond acceptors (Lipinski definition) is 26. The van der Waals surface area contributed by atoms with Crippen LogP contribution in [0, 0.1) is 0 Å². The fourth-order valence-corrected chi connectivity index (χ4v) is 22.1. The van der Waals surface area contributed by atoms with Gasteiger partial charge in [0.15, 0.2) is 0 Å². The van der Waals surface area contributed by atoms with Crippen molar-refractivity contribution in [1.29, 1.82) is 0 Å². The van der Waals surface area contributed by atoms with E-state index in [0.717, 1.165) is 152 Å². The molecule has 5 atom stereocenters. The number of amides is 7. The van der Waals surface area contributed by atoms with E-state index in [-0.39, 0.29) is 48.6 Å². The first kappa shape index (κ1) is 97.0. The van der Waals surface area contributed by atoms with Gasteiger partial charge < -0.3 is 69.5 Å². The number of anilines is 10. The van der Waals surface area contributed by atoms with Crippen LogP contribution in [0.15, 0.2) is 264 Å². The first-order valence-corrected chi connectivity index (χ1v) is 52.4. The lowest BCUT2D eigenvalue weighted by atomic mass is 9.96. The number of nitrogens with zero attached hydrogens (tertiary/aromatic N) is 11. The Balaban J connectivity index is 0.000000117. The molecule has 5 aromatic carbocycles. The van der Waals surface area contributed by atoms with Crippen LogP contribution < -0.4 is 71.2 Å². The molecule has 5 saturated heterocycles. The number of nitrogens with one attached hydrogen (secondary N) is 7. The molecule has 7 amide bonds. The Labute approximate surface area is 839 Å². The number of urea groups is 2. The average molecular weight is 1980 g/mol. The van der Waals surface area contributed by atoms with Gasteiger partial charge in [-0.1, -0.05) is 96.1 Å². The zero-order valence-corrected chi connectivity index (χ0v) is 83.5. The summed E-state index contributed by atoms with van der Waals surface area (Å²) in [6.45, 7) is 21.1. The number of carbonyl (C=O) groups is 5. The zero-order valence-electron chi connectivity index (χ0n) is 79.4. The molecule has 5 aliphatic heterocycles. The van der Waals surface area contributed by atoms with Gasteiger partial charge in [-0.2, -0.15) is 0 Å². The van der Waals surface area contributed by atoms with Crippen LogP contribution in [0.4, 0.5) is 80.8 Å². The van der Waals surface area contributed by atoms with Gasteiger partial charge in [0, 0.05) is 148 Å². The van der Waals surface area contributed by atoms with Crippen LogP contribution in [-0.2, 0) is 14.2 Å². The Bertz CT molecular complexity index is 6520. The van der Waals surface area contributed by atoms with E-state index in [1.165, 1.54) is 64.4 Å². The van der Waals surface area contributed by atoms with Gasteiger partial charge in [0.2, 0.25) is 5.88 Å². The summed E-state index contributed by atoms with van der Waals surface area (Å²) in [6, 6.07) is 64.8. The molecule has 726 valence electrons. The van der Waals surface area contributed by atoms with E-state index in [4.69, 9.17) is 23.7 Å². The van der Waals surface area contributed by atoms with Gasteiger partial charge in [-0.25, -0.2) is 33.9 Å². The lowest BCUT2D eigenvalue weighted by Gasteiger charge is -2.25. The number of carbonyl (C=O) groups excluding carboxylic acids is 5. The van der Waals surface area contributed by atoms with Gasteiger partial charge in [-0.15, -0.1) is 56.7 Å². The highest BCUT2D eigenvalue weighted by atomic mass is 32.1. The highest BCUT2D eigenvalue weighted by molar-refractivity contribution is 7.19. The molecule has 6 fully saturated rings. The van der Waals surface area contributed by atoms with Crippen molar-refractivity contribution in [3.8, 4) is 17.4 Å². The molecule has 1 aliphatic carbocycles. The number of aromatic nitrogens is 6. The van der Waals surface area contributed by atoms with Crippen molar-refractivity contribution < 1.29 is 47.7 Å². The van der Waals surface area contributed by atoms with Gasteiger partial charge in [0.25, 0.3) is 0 Å². The molecule has 28 nitrogen and oxygen atoms in total. The van der Waals surface area contributed by atoms with Crippen molar-refractivity contribution in [2.75, 3.05) is 117 Å². The van der Waals surface area contributed by atoms with Gasteiger partial charge >= 0.3 is 30.3 Å². The normalized spacial score (nSPS) is 17.1. The minimum Gasteiger partial charge on any atom is -0.474 e. The summed E-state index contributed by atoms with van der Waals surface area (Å²) >= 11 is 8.44. The summed E-state index contributed by atoms with van der Waals surface area (Å²) in [6.07, 6.45) is 17.1. The summed E-state index contributed by atoms with van der Waals surface area (Å²) < 4.78 is 33.2. The highest BCUT2D eigenvalue weighted by Gasteiger charge is 2.33. The first-order valence-electron chi connectivity index (χ1n) is 48.0. The zero-order chi connectivity index (χ0) is 97.1. The van der Waals surface area contributed by atoms with E-state index in [0.29, 0.717) is 60.4 Å². The number of para-hydroxylation sites is 1. The summed E-state index contributed by atoms with van der Waals surface area (Å²) in [5.74, 6) is 3.51. The maximum absolute atomic E-state index is 12.4. The fraction of sp³-hybridized carbons (Fsp3) is 0.306. The minimum absolute atomic E-state index is 0.108. The molecule has 16 heterocycles. The second-order valence-electron chi connectivity index (χ2n) is 36.4. The molecule has 0 spiro atoms. The van der Waals surface area contributed by atoms with Crippen LogP contribution in [0.25, 0.3) is 51.1 Å². The van der Waals surface area contributed by atoms with Crippen LogP contribution >= 0.6 is 56.7 Å². The topological polar surface area (TPSA) is 309 Å². The van der Waals surface area contributed by atoms with Gasteiger partial charge in [-0.05, 0) is 233 Å². The quantitative estimate of drug-likeness (QED) is 0.0310. The number of fused-ring (bicyclic) bond motifs is 5. The van der Waals surface area contributed by atoms with Crippen molar-refractivity contribution in [2.24, 2.45) is 0 Å². The van der Waals surface area contributed by atoms with Crippen LogP contribution in [0.2, 0.25) is 0 Å². The summed E-state index contributed by atoms with van der Waals surface area (Å²) in [5.41, 5.74) is 17.4. The number of hydrogen-bond donors (Lipinski definition) is 7. The van der Waals surface area contributed by atoms with E-state index in [1.54, 1.807) is 87.1 Å². The minimum atomic E-state index is -0.456. The van der Waals surface area contributed by atoms with Gasteiger partial charge in [-0.3, -0.25) is 35.9 Å². The van der Waals surface area contributed by atoms with E-state index in [1.807, 2.05) is 164 Å². The monoisotopic (exact) mass is 1980 g/mol.